The molecule has 6 nitrogen and oxygen atoms in total. The molecule has 0 aromatic rings. The van der Waals surface area contributed by atoms with Gasteiger partial charge in [-0.3, -0.25) is 14.1 Å². The van der Waals surface area contributed by atoms with Crippen molar-refractivity contribution in [1.29, 1.82) is 0 Å². The molecule has 144 valence electrons. The summed E-state index contributed by atoms with van der Waals surface area (Å²) in [7, 11) is -4.82. The van der Waals surface area contributed by atoms with Crippen LogP contribution in [0.2, 0.25) is 0 Å². The third-order valence-electron chi connectivity index (χ3n) is 5.47. The summed E-state index contributed by atoms with van der Waals surface area (Å²) < 4.78 is 38.2. The Hall–Kier alpha value is -0.950. The van der Waals surface area contributed by atoms with Gasteiger partial charge in [-0.1, -0.05) is 25.7 Å². The third-order valence-corrected chi connectivity index (χ3v) is 6.34. The minimum atomic E-state index is -4.82. The molecule has 0 amide bonds. The van der Waals surface area contributed by atoms with Crippen molar-refractivity contribution in [3.63, 3.8) is 0 Å². The molecule has 1 N–H and O–H groups in total. The number of Topliss-reactive ketones (excluding diaryl/α,β-unsaturated/α-hetero) is 1. The number of ketones is 1. The van der Waals surface area contributed by atoms with Crippen molar-refractivity contribution in [1.82, 2.24) is 0 Å². The maximum Gasteiger partial charge on any atom is 0.313 e. The molecular weight excluding hydrogens is 344 g/mol. The fourth-order valence-electron chi connectivity index (χ4n) is 4.18. The van der Waals surface area contributed by atoms with Crippen LogP contribution in [0, 0.1) is 23.2 Å². The molecule has 0 spiro atoms. The molecule has 0 aromatic carbocycles. The molecule has 2 aliphatic rings. The van der Waals surface area contributed by atoms with Crippen LogP contribution in [-0.2, 0) is 24.4 Å². The summed E-state index contributed by atoms with van der Waals surface area (Å²) in [5, 5.41) is 0. The van der Waals surface area contributed by atoms with Crippen LogP contribution in [0.5, 0.6) is 0 Å². The summed E-state index contributed by atoms with van der Waals surface area (Å²) in [6.45, 7) is 4.73. The maximum atomic E-state index is 13.1. The van der Waals surface area contributed by atoms with Crippen molar-refractivity contribution in [2.45, 2.75) is 77.6 Å². The molecule has 1 atom stereocenters. The molecule has 2 aliphatic carbocycles. The SMILES string of the molecule is CC(C)(C)C(=O)OC(C(=O)C(C1CCCC1)C1CCCC1)S(=O)(=O)O. The Morgan fingerprint density at radius 1 is 0.960 bits per heavy atom. The lowest BCUT2D eigenvalue weighted by atomic mass is 9.77. The Bertz CT molecular complexity index is 576. The van der Waals surface area contributed by atoms with Gasteiger partial charge in [0.15, 0.2) is 5.78 Å². The molecule has 25 heavy (non-hydrogen) atoms. The quantitative estimate of drug-likeness (QED) is 0.565. The van der Waals surface area contributed by atoms with Gasteiger partial charge < -0.3 is 4.74 Å². The summed E-state index contributed by atoms with van der Waals surface area (Å²) >= 11 is 0. The molecule has 0 aromatic heterocycles. The highest BCUT2D eigenvalue weighted by atomic mass is 32.2. The highest BCUT2D eigenvalue weighted by Crippen LogP contribution is 2.43. The van der Waals surface area contributed by atoms with E-state index in [1.807, 2.05) is 0 Å². The van der Waals surface area contributed by atoms with Gasteiger partial charge >= 0.3 is 16.1 Å². The van der Waals surface area contributed by atoms with Crippen molar-refractivity contribution < 1.29 is 27.3 Å². The lowest BCUT2D eigenvalue weighted by Gasteiger charge is -2.30. The van der Waals surface area contributed by atoms with Crippen molar-refractivity contribution in [2.24, 2.45) is 23.2 Å². The third kappa shape index (κ3) is 5.03. The van der Waals surface area contributed by atoms with E-state index in [-0.39, 0.29) is 11.8 Å². The normalized spacial score (nSPS) is 21.6. The number of hydrogen-bond acceptors (Lipinski definition) is 5. The fourth-order valence-corrected chi connectivity index (χ4v) is 4.84. The molecular formula is C18H30O6S. The molecule has 7 heteroatoms. The molecule has 0 radical (unpaired) electrons. The zero-order chi connectivity index (χ0) is 18.8. The Morgan fingerprint density at radius 3 is 1.68 bits per heavy atom. The number of ether oxygens (including phenoxy) is 1. The fraction of sp³-hybridized carbons (Fsp3) is 0.889. The zero-order valence-electron chi connectivity index (χ0n) is 15.4. The van der Waals surface area contributed by atoms with E-state index in [9.17, 15) is 22.6 Å². The minimum Gasteiger partial charge on any atom is -0.435 e. The first kappa shape index (κ1) is 20.4. The number of carbonyl (C=O) groups is 2. The monoisotopic (exact) mass is 374 g/mol. The van der Waals surface area contributed by atoms with E-state index in [0.717, 1.165) is 51.4 Å². The second-order valence-corrected chi connectivity index (χ2v) is 9.98. The molecule has 2 saturated carbocycles. The largest absolute Gasteiger partial charge is 0.435 e. The average molecular weight is 374 g/mol. The zero-order valence-corrected chi connectivity index (χ0v) is 16.2. The standard InChI is InChI=1S/C18H30O6S/c1-18(2,3)17(20)24-16(25(21,22)23)15(19)14(12-8-4-5-9-12)13-10-6-7-11-13/h12-14,16H,4-11H2,1-3H3,(H,21,22,23). The maximum absolute atomic E-state index is 13.1. The Balaban J connectivity index is 2.29. The van der Waals surface area contributed by atoms with E-state index in [0.29, 0.717) is 0 Å². The number of carbonyl (C=O) groups excluding carboxylic acids is 2. The summed E-state index contributed by atoms with van der Waals surface area (Å²) in [5.41, 5.74) is -3.06. The first-order chi connectivity index (χ1) is 11.5. The lowest BCUT2D eigenvalue weighted by molar-refractivity contribution is -0.160. The van der Waals surface area contributed by atoms with Gasteiger partial charge in [0, 0.05) is 5.92 Å². The Kier molecular flexibility index (Phi) is 6.30. The van der Waals surface area contributed by atoms with E-state index in [1.54, 1.807) is 20.8 Å². The van der Waals surface area contributed by atoms with Gasteiger partial charge in [0.1, 0.15) is 0 Å². The van der Waals surface area contributed by atoms with E-state index < -0.39 is 38.6 Å². The van der Waals surface area contributed by atoms with E-state index in [4.69, 9.17) is 4.74 Å². The topological polar surface area (TPSA) is 97.7 Å². The highest BCUT2D eigenvalue weighted by molar-refractivity contribution is 7.87. The highest BCUT2D eigenvalue weighted by Gasteiger charge is 2.46. The van der Waals surface area contributed by atoms with Crippen LogP contribution in [-0.4, -0.2) is 30.2 Å². The summed E-state index contributed by atoms with van der Waals surface area (Å²) in [4.78, 5) is 25.3. The number of hydrogen-bond donors (Lipinski definition) is 1. The average Bonchev–Trinajstić information content (AvgIpc) is 3.16. The minimum absolute atomic E-state index is 0.119. The van der Waals surface area contributed by atoms with E-state index >= 15 is 0 Å². The van der Waals surface area contributed by atoms with Crippen LogP contribution < -0.4 is 0 Å². The van der Waals surface area contributed by atoms with Crippen molar-refractivity contribution in [3.05, 3.63) is 0 Å². The molecule has 0 bridgehead atoms. The first-order valence-electron chi connectivity index (χ1n) is 9.23. The van der Waals surface area contributed by atoms with Crippen LogP contribution in [0.1, 0.15) is 72.1 Å². The van der Waals surface area contributed by atoms with Crippen LogP contribution >= 0.6 is 0 Å². The second-order valence-electron chi connectivity index (χ2n) is 8.52. The summed E-state index contributed by atoms with van der Waals surface area (Å²) in [6, 6.07) is 0. The lowest BCUT2D eigenvalue weighted by Crippen LogP contribution is -2.44. The summed E-state index contributed by atoms with van der Waals surface area (Å²) in [5.74, 6) is -1.66. The number of rotatable bonds is 6. The molecule has 2 rings (SSSR count). The van der Waals surface area contributed by atoms with Gasteiger partial charge in [-0.15, -0.1) is 0 Å². The van der Waals surface area contributed by atoms with Crippen molar-refractivity contribution in [2.75, 3.05) is 0 Å². The van der Waals surface area contributed by atoms with E-state index in [2.05, 4.69) is 0 Å². The molecule has 0 aliphatic heterocycles. The van der Waals surface area contributed by atoms with Gasteiger partial charge in [-0.25, -0.2) is 0 Å². The van der Waals surface area contributed by atoms with Crippen LogP contribution in [0.15, 0.2) is 0 Å². The van der Waals surface area contributed by atoms with Gasteiger partial charge in [-0.05, 0) is 58.3 Å². The van der Waals surface area contributed by atoms with Crippen LogP contribution in [0.4, 0.5) is 0 Å². The van der Waals surface area contributed by atoms with Gasteiger partial charge in [-0.2, -0.15) is 8.42 Å². The smallest absolute Gasteiger partial charge is 0.313 e. The Labute approximate surface area is 150 Å². The van der Waals surface area contributed by atoms with E-state index in [1.165, 1.54) is 0 Å². The molecule has 0 saturated heterocycles. The predicted molar refractivity (Wildman–Crippen MR) is 93.3 cm³/mol. The molecule has 0 heterocycles. The number of esters is 1. The van der Waals surface area contributed by atoms with Gasteiger partial charge in [0.05, 0.1) is 5.41 Å². The summed E-state index contributed by atoms with van der Waals surface area (Å²) in [6.07, 6.45) is 7.66. The molecule has 2 fully saturated rings. The second kappa shape index (κ2) is 7.74. The first-order valence-corrected chi connectivity index (χ1v) is 10.7. The predicted octanol–water partition coefficient (Wildman–Crippen LogP) is 3.36. The Morgan fingerprint density at radius 2 is 1.36 bits per heavy atom. The van der Waals surface area contributed by atoms with Crippen LogP contribution in [0.3, 0.4) is 0 Å². The van der Waals surface area contributed by atoms with Gasteiger partial charge in [0.2, 0.25) is 0 Å². The van der Waals surface area contributed by atoms with Gasteiger partial charge in [0.25, 0.3) is 5.44 Å². The van der Waals surface area contributed by atoms with Crippen LogP contribution in [0.25, 0.3) is 0 Å². The van der Waals surface area contributed by atoms with Crippen molar-refractivity contribution >= 4 is 21.9 Å². The molecule has 1 unspecified atom stereocenters. The van der Waals surface area contributed by atoms with Crippen molar-refractivity contribution in [3.8, 4) is 0 Å².